The molecule has 1 saturated carbocycles. The van der Waals surface area contributed by atoms with Gasteiger partial charge in [-0.1, -0.05) is 89.7 Å². The second-order valence-corrected chi connectivity index (χ2v) is 16.2. The molecule has 1 N–H and O–H groups in total. The Balaban J connectivity index is 1.16. The molecule has 53 heavy (non-hydrogen) atoms. The van der Waals surface area contributed by atoms with Crippen molar-refractivity contribution in [3.8, 4) is 0 Å². The number of rotatable bonds is 32. The molecule has 0 radical (unpaired) electrons. The van der Waals surface area contributed by atoms with Gasteiger partial charge in [0.2, 0.25) is 0 Å². The number of piperidine rings is 1. The summed E-state index contributed by atoms with van der Waals surface area (Å²) in [6.45, 7) is 9.62. The van der Waals surface area contributed by atoms with Crippen molar-refractivity contribution in [3.05, 3.63) is 11.6 Å². The van der Waals surface area contributed by atoms with Crippen molar-refractivity contribution >= 4 is 11.9 Å². The van der Waals surface area contributed by atoms with Gasteiger partial charge in [-0.05, 0) is 82.8 Å². The van der Waals surface area contributed by atoms with Crippen LogP contribution in [0.15, 0.2) is 11.6 Å². The summed E-state index contributed by atoms with van der Waals surface area (Å²) in [6.07, 6.45) is 24.1. The molecule has 4 unspecified atom stereocenters. The Hall–Kier alpha value is -1.56. The Labute approximate surface area is 321 Å². The van der Waals surface area contributed by atoms with E-state index >= 15 is 0 Å². The van der Waals surface area contributed by atoms with Gasteiger partial charge in [0, 0.05) is 38.6 Å². The second kappa shape index (κ2) is 25.6. The molecule has 0 aromatic carbocycles. The van der Waals surface area contributed by atoms with Crippen molar-refractivity contribution < 1.29 is 43.1 Å². The molecule has 10 nitrogen and oxygen atoms in total. The van der Waals surface area contributed by atoms with Gasteiger partial charge >= 0.3 is 11.9 Å². The number of aliphatic hydroxyl groups is 1. The van der Waals surface area contributed by atoms with Crippen LogP contribution >= 0.6 is 0 Å². The first-order valence-corrected chi connectivity index (χ1v) is 21.8. The van der Waals surface area contributed by atoms with Gasteiger partial charge in [-0.25, -0.2) is 0 Å². The third-order valence-corrected chi connectivity index (χ3v) is 11.8. The van der Waals surface area contributed by atoms with E-state index in [1.807, 2.05) is 0 Å². The molecule has 2 aliphatic heterocycles. The quantitative estimate of drug-likeness (QED) is 0.0311. The number of aliphatic hydroxyl groups excluding tert-OH is 1. The van der Waals surface area contributed by atoms with E-state index in [4.69, 9.17) is 28.4 Å². The van der Waals surface area contributed by atoms with Crippen molar-refractivity contribution in [1.29, 1.82) is 0 Å². The Morgan fingerprint density at radius 3 is 2.00 bits per heavy atom. The highest BCUT2D eigenvalue weighted by molar-refractivity contribution is 5.69. The molecule has 0 aromatic rings. The smallest absolute Gasteiger partial charge is 0.305 e. The fraction of sp³-hybridized carbons (Fsp3) is 0.907. The van der Waals surface area contributed by atoms with Gasteiger partial charge in [0.15, 0.2) is 12.6 Å². The highest BCUT2D eigenvalue weighted by Gasteiger charge is 2.53. The maximum absolute atomic E-state index is 13.0. The van der Waals surface area contributed by atoms with E-state index in [-0.39, 0.29) is 61.6 Å². The van der Waals surface area contributed by atoms with E-state index in [2.05, 4.69) is 24.8 Å². The molecule has 2 saturated heterocycles. The molecule has 4 aliphatic rings. The van der Waals surface area contributed by atoms with Crippen LogP contribution in [0, 0.1) is 11.3 Å². The summed E-state index contributed by atoms with van der Waals surface area (Å²) in [7, 11) is 0. The van der Waals surface area contributed by atoms with Crippen LogP contribution in [0.4, 0.5) is 0 Å². The maximum Gasteiger partial charge on any atom is 0.305 e. The van der Waals surface area contributed by atoms with Gasteiger partial charge in [-0.15, -0.1) is 0 Å². The van der Waals surface area contributed by atoms with Crippen LogP contribution < -0.4 is 0 Å². The molecule has 306 valence electrons. The Kier molecular flexibility index (Phi) is 21.3. The Bertz CT molecular complexity index is 1030. The normalized spacial score (nSPS) is 23.2. The molecule has 10 heteroatoms. The van der Waals surface area contributed by atoms with Crippen molar-refractivity contribution in [1.82, 2.24) is 4.90 Å². The summed E-state index contributed by atoms with van der Waals surface area (Å²) in [5.41, 5.74) is 1.40. The lowest BCUT2D eigenvalue weighted by Crippen LogP contribution is -2.42. The van der Waals surface area contributed by atoms with Gasteiger partial charge < -0.3 is 38.4 Å². The number of carbonyl (C=O) groups excluding carboxylic acids is 2. The van der Waals surface area contributed by atoms with Crippen molar-refractivity contribution in [2.24, 2.45) is 11.3 Å². The van der Waals surface area contributed by atoms with Crippen LogP contribution in [0.5, 0.6) is 0 Å². The summed E-state index contributed by atoms with van der Waals surface area (Å²) < 4.78 is 35.9. The van der Waals surface area contributed by atoms with Crippen molar-refractivity contribution in [2.75, 3.05) is 52.7 Å². The number of likely N-dealkylation sites (tertiary alicyclic amines) is 1. The highest BCUT2D eigenvalue weighted by Crippen LogP contribution is 2.52. The minimum absolute atomic E-state index is 0.0551. The number of fused-ring (bicyclic) bond motifs is 3. The number of carbonyl (C=O) groups is 2. The van der Waals surface area contributed by atoms with Gasteiger partial charge in [0.05, 0.1) is 32.2 Å². The van der Waals surface area contributed by atoms with Gasteiger partial charge in [0.1, 0.15) is 6.10 Å². The molecular formula is C43H75NO9. The molecule has 0 amide bonds. The minimum atomic E-state index is -0.376. The van der Waals surface area contributed by atoms with E-state index in [1.54, 1.807) is 0 Å². The van der Waals surface area contributed by atoms with Gasteiger partial charge in [-0.2, -0.15) is 0 Å². The first-order valence-electron chi connectivity index (χ1n) is 21.8. The van der Waals surface area contributed by atoms with E-state index in [0.717, 1.165) is 90.3 Å². The van der Waals surface area contributed by atoms with E-state index in [9.17, 15) is 14.7 Å². The number of nitrogens with zero attached hydrogens (tertiary/aromatic N) is 1. The van der Waals surface area contributed by atoms with Crippen LogP contribution in [0.3, 0.4) is 0 Å². The third-order valence-electron chi connectivity index (χ3n) is 11.8. The summed E-state index contributed by atoms with van der Waals surface area (Å²) in [6, 6.07) is 0. The fourth-order valence-corrected chi connectivity index (χ4v) is 8.17. The van der Waals surface area contributed by atoms with Gasteiger partial charge in [-0.3, -0.25) is 9.59 Å². The predicted molar refractivity (Wildman–Crippen MR) is 206 cm³/mol. The van der Waals surface area contributed by atoms with Crippen LogP contribution in [-0.2, 0) is 38.0 Å². The zero-order valence-corrected chi connectivity index (χ0v) is 33.5. The average Bonchev–Trinajstić information content (AvgIpc) is 3.66. The van der Waals surface area contributed by atoms with Crippen LogP contribution in [-0.4, -0.2) is 99.4 Å². The van der Waals surface area contributed by atoms with Crippen LogP contribution in [0.25, 0.3) is 0 Å². The van der Waals surface area contributed by atoms with E-state index < -0.39 is 0 Å². The highest BCUT2D eigenvalue weighted by atomic mass is 16.7. The second-order valence-electron chi connectivity index (χ2n) is 16.2. The largest absolute Gasteiger partial charge is 0.466 e. The number of ether oxygens (including phenoxy) is 6. The summed E-state index contributed by atoms with van der Waals surface area (Å²) in [5, 5.41) is 9.21. The summed E-state index contributed by atoms with van der Waals surface area (Å²) >= 11 is 0. The molecule has 0 spiro atoms. The fourth-order valence-electron chi connectivity index (χ4n) is 8.17. The lowest BCUT2D eigenvalue weighted by molar-refractivity contribution is -0.160. The zero-order valence-electron chi connectivity index (χ0n) is 33.5. The third kappa shape index (κ3) is 17.0. The standard InChI is InChI=1S/C43H75NO9/c1-3-5-7-9-11-15-29-50-40(51-30-16-12-10-8-6-4-2)19-17-38(46)48-31-23-43(21-26-44(27-22-43)25-13-14-28-45)24-32-49-39(47)18-20-41-52-37-34-35-33-36(35)42(37)53-41/h34,36-37,40-42,45H,3-33H2,1-2H3. The monoisotopic (exact) mass is 750 g/mol. The SMILES string of the molecule is CCCCCCCCOC(CCC(=O)OCCC1(CCOC(=O)CCC2OC3C=C4CC4C3O2)CCN(CCCCO)CC1)OCCCCCCCC. The van der Waals surface area contributed by atoms with Crippen LogP contribution in [0.2, 0.25) is 0 Å². The van der Waals surface area contributed by atoms with Crippen molar-refractivity contribution in [3.63, 3.8) is 0 Å². The van der Waals surface area contributed by atoms with E-state index in [1.165, 1.54) is 56.9 Å². The first-order chi connectivity index (χ1) is 25.9. The predicted octanol–water partition coefficient (Wildman–Crippen LogP) is 8.42. The molecular weight excluding hydrogens is 674 g/mol. The van der Waals surface area contributed by atoms with Gasteiger partial charge in [0.25, 0.3) is 0 Å². The molecule has 4 atom stereocenters. The summed E-state index contributed by atoms with van der Waals surface area (Å²) in [5.74, 6) is 0.109. The molecule has 2 heterocycles. The lowest BCUT2D eigenvalue weighted by atomic mass is 9.73. The molecule has 0 bridgehead atoms. The average molecular weight is 750 g/mol. The Morgan fingerprint density at radius 2 is 1.40 bits per heavy atom. The molecule has 4 rings (SSSR count). The molecule has 3 fully saturated rings. The zero-order chi connectivity index (χ0) is 37.6. The summed E-state index contributed by atoms with van der Waals surface area (Å²) in [4.78, 5) is 28.1. The number of esters is 2. The van der Waals surface area contributed by atoms with Crippen LogP contribution in [0.1, 0.15) is 162 Å². The first kappa shape index (κ1) is 44.2. The van der Waals surface area contributed by atoms with Crippen molar-refractivity contribution in [2.45, 2.75) is 186 Å². The maximum atomic E-state index is 13.0. The lowest BCUT2D eigenvalue weighted by Gasteiger charge is -2.42. The number of hydrogen-bond acceptors (Lipinski definition) is 10. The molecule has 2 aliphatic carbocycles. The topological polar surface area (TPSA) is 113 Å². The van der Waals surface area contributed by atoms with E-state index in [0.29, 0.717) is 45.2 Å². The number of hydrogen-bond donors (Lipinski definition) is 1. The minimum Gasteiger partial charge on any atom is -0.466 e. The Morgan fingerprint density at radius 1 is 0.792 bits per heavy atom. The molecule has 0 aromatic heterocycles. The number of unbranched alkanes of at least 4 members (excludes halogenated alkanes) is 11.